The molecule has 1 saturated heterocycles. The second-order valence-corrected chi connectivity index (χ2v) is 5.47. The van der Waals surface area contributed by atoms with Crippen LogP contribution in [0.1, 0.15) is 33.6 Å². The lowest BCUT2D eigenvalue weighted by Gasteiger charge is -2.43. The van der Waals surface area contributed by atoms with Crippen LogP contribution < -0.4 is 5.73 Å². The summed E-state index contributed by atoms with van der Waals surface area (Å²) in [5.74, 6) is 0.688. The van der Waals surface area contributed by atoms with Crippen molar-refractivity contribution >= 4 is 0 Å². The summed E-state index contributed by atoms with van der Waals surface area (Å²) in [4.78, 5) is 5.08. The van der Waals surface area contributed by atoms with Crippen molar-refractivity contribution in [1.82, 2.24) is 9.80 Å². The van der Waals surface area contributed by atoms with E-state index < -0.39 is 0 Å². The first-order chi connectivity index (χ1) is 7.58. The summed E-state index contributed by atoms with van der Waals surface area (Å²) in [7, 11) is 2.24. The number of hydrogen-bond acceptors (Lipinski definition) is 3. The summed E-state index contributed by atoms with van der Waals surface area (Å²) in [5.41, 5.74) is 5.84. The number of hydrogen-bond donors (Lipinski definition) is 1. The fourth-order valence-electron chi connectivity index (χ4n) is 2.72. The van der Waals surface area contributed by atoms with Gasteiger partial charge in [-0.3, -0.25) is 9.80 Å². The van der Waals surface area contributed by atoms with E-state index in [4.69, 9.17) is 5.73 Å². The molecule has 0 saturated carbocycles. The summed E-state index contributed by atoms with van der Waals surface area (Å²) in [6, 6.07) is 1.34. The highest BCUT2D eigenvalue weighted by atomic mass is 15.3. The molecule has 0 aromatic heterocycles. The van der Waals surface area contributed by atoms with E-state index in [9.17, 15) is 0 Å². The van der Waals surface area contributed by atoms with Crippen molar-refractivity contribution in [1.29, 1.82) is 0 Å². The van der Waals surface area contributed by atoms with Crippen LogP contribution in [0.2, 0.25) is 0 Å². The Morgan fingerprint density at radius 3 is 2.25 bits per heavy atom. The van der Waals surface area contributed by atoms with Gasteiger partial charge in [0, 0.05) is 31.7 Å². The van der Waals surface area contributed by atoms with E-state index in [1.807, 2.05) is 0 Å². The normalized spacial score (nSPS) is 30.6. The lowest BCUT2D eigenvalue weighted by atomic mass is 10.0. The third kappa shape index (κ3) is 3.72. The molecule has 1 aliphatic heterocycles. The average Bonchev–Trinajstić information content (AvgIpc) is 2.25. The molecule has 0 radical (unpaired) electrons. The molecule has 1 heterocycles. The van der Waals surface area contributed by atoms with Crippen molar-refractivity contribution in [2.75, 3.05) is 33.2 Å². The lowest BCUT2D eigenvalue weighted by molar-refractivity contribution is 0.0504. The second kappa shape index (κ2) is 6.58. The predicted octanol–water partition coefficient (Wildman–Crippen LogP) is 1.39. The summed E-state index contributed by atoms with van der Waals surface area (Å²) in [6.07, 6.45) is 2.52. The quantitative estimate of drug-likeness (QED) is 0.770. The molecule has 3 atom stereocenters. The third-order valence-electron chi connectivity index (χ3n) is 3.98. The number of piperazine rings is 1. The van der Waals surface area contributed by atoms with Crippen molar-refractivity contribution in [2.24, 2.45) is 11.7 Å². The predicted molar refractivity (Wildman–Crippen MR) is 70.6 cm³/mol. The van der Waals surface area contributed by atoms with Gasteiger partial charge in [0.25, 0.3) is 0 Å². The van der Waals surface area contributed by atoms with Crippen molar-refractivity contribution < 1.29 is 0 Å². The molecule has 0 spiro atoms. The molecule has 3 heteroatoms. The van der Waals surface area contributed by atoms with Crippen LogP contribution in [-0.4, -0.2) is 55.1 Å². The SMILES string of the molecule is CCCC(CN)CN1CC(C)N(C)C(C)C1. The maximum atomic E-state index is 5.84. The van der Waals surface area contributed by atoms with Crippen LogP contribution in [0.15, 0.2) is 0 Å². The van der Waals surface area contributed by atoms with Crippen LogP contribution in [0.4, 0.5) is 0 Å². The molecule has 3 nitrogen and oxygen atoms in total. The first-order valence-electron chi connectivity index (χ1n) is 6.72. The molecule has 2 N–H and O–H groups in total. The summed E-state index contributed by atoms with van der Waals surface area (Å²) in [6.45, 7) is 11.3. The van der Waals surface area contributed by atoms with Gasteiger partial charge in [-0.1, -0.05) is 13.3 Å². The van der Waals surface area contributed by atoms with Crippen LogP contribution in [0.5, 0.6) is 0 Å². The highest BCUT2D eigenvalue weighted by Gasteiger charge is 2.27. The Labute approximate surface area is 101 Å². The first kappa shape index (κ1) is 13.9. The fourth-order valence-corrected chi connectivity index (χ4v) is 2.72. The van der Waals surface area contributed by atoms with E-state index in [0.717, 1.165) is 6.54 Å². The zero-order valence-corrected chi connectivity index (χ0v) is 11.4. The molecule has 0 aliphatic carbocycles. The Hall–Kier alpha value is -0.120. The fraction of sp³-hybridized carbons (Fsp3) is 1.00. The zero-order chi connectivity index (χ0) is 12.1. The van der Waals surface area contributed by atoms with Crippen LogP contribution in [0.3, 0.4) is 0 Å². The van der Waals surface area contributed by atoms with E-state index in [0.29, 0.717) is 18.0 Å². The summed E-state index contributed by atoms with van der Waals surface area (Å²) < 4.78 is 0. The summed E-state index contributed by atoms with van der Waals surface area (Å²) in [5, 5.41) is 0. The van der Waals surface area contributed by atoms with Gasteiger partial charge in [0.2, 0.25) is 0 Å². The van der Waals surface area contributed by atoms with Gasteiger partial charge >= 0.3 is 0 Å². The van der Waals surface area contributed by atoms with Crippen LogP contribution >= 0.6 is 0 Å². The third-order valence-corrected chi connectivity index (χ3v) is 3.98. The molecule has 1 aliphatic rings. The van der Waals surface area contributed by atoms with Crippen molar-refractivity contribution in [2.45, 2.75) is 45.7 Å². The van der Waals surface area contributed by atoms with Gasteiger partial charge in [0.15, 0.2) is 0 Å². The lowest BCUT2D eigenvalue weighted by Crippen LogP contribution is -2.55. The van der Waals surface area contributed by atoms with Gasteiger partial charge in [-0.2, -0.15) is 0 Å². The van der Waals surface area contributed by atoms with Gasteiger partial charge in [-0.05, 0) is 39.8 Å². The maximum Gasteiger partial charge on any atom is 0.0195 e. The largest absolute Gasteiger partial charge is 0.330 e. The monoisotopic (exact) mass is 227 g/mol. The van der Waals surface area contributed by atoms with Gasteiger partial charge < -0.3 is 5.73 Å². The van der Waals surface area contributed by atoms with Crippen LogP contribution in [0, 0.1) is 5.92 Å². The Bertz CT molecular complexity index is 184. The maximum absolute atomic E-state index is 5.84. The molecule has 1 fully saturated rings. The van der Waals surface area contributed by atoms with Gasteiger partial charge in [0.05, 0.1) is 0 Å². The molecule has 0 amide bonds. The van der Waals surface area contributed by atoms with E-state index in [-0.39, 0.29) is 0 Å². The standard InChI is InChI=1S/C13H29N3/c1-5-6-13(7-14)10-16-8-11(2)15(4)12(3)9-16/h11-13H,5-10,14H2,1-4H3. The molecule has 1 rings (SSSR count). The minimum atomic E-state index is 0.670. The summed E-state index contributed by atoms with van der Waals surface area (Å²) >= 11 is 0. The van der Waals surface area contributed by atoms with Gasteiger partial charge in [-0.25, -0.2) is 0 Å². The number of likely N-dealkylation sites (N-methyl/N-ethyl adjacent to an activating group) is 1. The smallest absolute Gasteiger partial charge is 0.0195 e. The molecule has 16 heavy (non-hydrogen) atoms. The molecule has 0 bridgehead atoms. The highest BCUT2D eigenvalue weighted by Crippen LogP contribution is 2.16. The molecule has 0 aromatic carbocycles. The highest BCUT2D eigenvalue weighted by molar-refractivity contribution is 4.83. The Morgan fingerprint density at radius 2 is 1.81 bits per heavy atom. The molecular formula is C13H29N3. The Balaban J connectivity index is 2.42. The Kier molecular flexibility index (Phi) is 5.73. The van der Waals surface area contributed by atoms with Crippen LogP contribution in [0.25, 0.3) is 0 Å². The molecular weight excluding hydrogens is 198 g/mol. The van der Waals surface area contributed by atoms with Crippen molar-refractivity contribution in [3.05, 3.63) is 0 Å². The molecule has 0 aromatic rings. The van der Waals surface area contributed by atoms with Crippen molar-refractivity contribution in [3.8, 4) is 0 Å². The van der Waals surface area contributed by atoms with E-state index in [1.165, 1.54) is 32.5 Å². The first-order valence-corrected chi connectivity index (χ1v) is 6.72. The molecule has 96 valence electrons. The minimum absolute atomic E-state index is 0.670. The Morgan fingerprint density at radius 1 is 1.25 bits per heavy atom. The minimum Gasteiger partial charge on any atom is -0.330 e. The van der Waals surface area contributed by atoms with E-state index in [1.54, 1.807) is 0 Å². The van der Waals surface area contributed by atoms with Gasteiger partial charge in [-0.15, -0.1) is 0 Å². The van der Waals surface area contributed by atoms with E-state index >= 15 is 0 Å². The topological polar surface area (TPSA) is 32.5 Å². The van der Waals surface area contributed by atoms with Crippen molar-refractivity contribution in [3.63, 3.8) is 0 Å². The van der Waals surface area contributed by atoms with E-state index in [2.05, 4.69) is 37.6 Å². The van der Waals surface area contributed by atoms with Crippen LogP contribution in [-0.2, 0) is 0 Å². The number of nitrogens with zero attached hydrogens (tertiary/aromatic N) is 2. The number of rotatable bonds is 5. The zero-order valence-electron chi connectivity index (χ0n) is 11.4. The number of nitrogens with two attached hydrogens (primary N) is 1. The second-order valence-electron chi connectivity index (χ2n) is 5.47. The average molecular weight is 227 g/mol. The van der Waals surface area contributed by atoms with Gasteiger partial charge in [0.1, 0.15) is 0 Å². The molecule has 3 unspecified atom stereocenters.